The maximum Gasteiger partial charge on any atom is 0.407 e. The Morgan fingerprint density at radius 2 is 0.961 bits per heavy atom. The van der Waals surface area contributed by atoms with Crippen molar-refractivity contribution in [1.29, 1.82) is 0 Å². The summed E-state index contributed by atoms with van der Waals surface area (Å²) >= 11 is 0. The molecule has 4 heterocycles. The van der Waals surface area contributed by atoms with E-state index in [1.54, 1.807) is 12.4 Å². The zero-order valence-corrected chi connectivity index (χ0v) is 60.8. The van der Waals surface area contributed by atoms with Crippen LogP contribution < -0.4 is 20.7 Å². The Balaban J connectivity index is 0.909. The van der Waals surface area contributed by atoms with Gasteiger partial charge in [-0.1, -0.05) is 149 Å². The molecule has 0 unspecified atom stereocenters. The highest BCUT2D eigenvalue weighted by molar-refractivity contribution is 5.90. The number of hydrogen-bond acceptors (Lipinski definition) is 16. The summed E-state index contributed by atoms with van der Waals surface area (Å²) in [5, 5.41) is 8.79. The van der Waals surface area contributed by atoms with Crippen LogP contribution in [0, 0.1) is 0 Å². The number of hydrogen-bond donors (Lipinski definition) is 3. The zero-order valence-electron chi connectivity index (χ0n) is 60.8. The second kappa shape index (κ2) is 44.1. The van der Waals surface area contributed by atoms with Gasteiger partial charge >= 0.3 is 6.09 Å². The highest BCUT2D eigenvalue weighted by Gasteiger charge is 2.20. The van der Waals surface area contributed by atoms with E-state index in [1.807, 2.05) is 141 Å². The molecule has 3 N–H and O–H groups in total. The molecule has 8 rings (SSSR count). The number of aromatic nitrogens is 4. The van der Waals surface area contributed by atoms with E-state index in [4.69, 9.17) is 43.6 Å². The minimum Gasteiger partial charge on any atom is -0.494 e. The van der Waals surface area contributed by atoms with Crippen molar-refractivity contribution in [2.75, 3.05) is 63.4 Å². The summed E-state index contributed by atoms with van der Waals surface area (Å²) in [4.78, 5) is 90.4. The Labute approximate surface area is 608 Å². The first-order valence-corrected chi connectivity index (χ1v) is 36.3. The number of anilines is 2. The van der Waals surface area contributed by atoms with E-state index in [-0.39, 0.29) is 63.1 Å². The van der Waals surface area contributed by atoms with Crippen LogP contribution in [0.4, 0.5) is 16.4 Å². The third-order valence-corrected chi connectivity index (χ3v) is 16.7. The fourth-order valence-electron chi connectivity index (χ4n) is 11.5. The predicted octanol–water partition coefficient (Wildman–Crippen LogP) is 14.8. The molecule has 0 bridgehead atoms. The van der Waals surface area contributed by atoms with Gasteiger partial charge in [0.2, 0.25) is 17.7 Å². The zero-order chi connectivity index (χ0) is 72.7. The lowest BCUT2D eigenvalue weighted by Crippen LogP contribution is -2.35. The lowest BCUT2D eigenvalue weighted by atomic mass is 10.0. The van der Waals surface area contributed by atoms with Crippen LogP contribution in [-0.4, -0.2) is 123 Å². The highest BCUT2D eigenvalue weighted by atomic mass is 16.6. The number of nitrogens with zero attached hydrogens (tertiary/aromatic N) is 7. The number of benzene rings is 4. The summed E-state index contributed by atoms with van der Waals surface area (Å²) in [6, 6.07) is 56.0. The van der Waals surface area contributed by atoms with Crippen LogP contribution in [-0.2, 0) is 96.9 Å². The van der Waals surface area contributed by atoms with E-state index in [9.17, 15) is 24.0 Å². The van der Waals surface area contributed by atoms with Crippen molar-refractivity contribution < 1.29 is 47.7 Å². The summed E-state index contributed by atoms with van der Waals surface area (Å²) in [7, 11) is 0. The molecule has 0 radical (unpaired) electrons. The molecule has 0 saturated carbocycles. The van der Waals surface area contributed by atoms with Gasteiger partial charge in [-0.3, -0.25) is 38.9 Å². The molecule has 0 spiro atoms. The van der Waals surface area contributed by atoms with Crippen molar-refractivity contribution in [2.24, 2.45) is 0 Å². The molecule has 4 aromatic carbocycles. The number of carbonyl (C=O) groups excluding carboxylic acids is 5. The average Bonchev–Trinajstić information content (AvgIpc) is 0.841. The molecular formula is C83H104N10O10. The Morgan fingerprint density at radius 1 is 0.447 bits per heavy atom. The van der Waals surface area contributed by atoms with Crippen LogP contribution in [0.3, 0.4) is 0 Å². The number of nitrogens with one attached hydrogen (secondary N) is 3. The minimum atomic E-state index is -0.572. The molecule has 0 aliphatic heterocycles. The summed E-state index contributed by atoms with van der Waals surface area (Å²) in [5.74, 6) is 1.47. The molecule has 8 aromatic rings. The number of pyridine rings is 4. The van der Waals surface area contributed by atoms with Gasteiger partial charge in [0.15, 0.2) is 5.78 Å². The number of aryl methyl sites for hydroxylation is 1. The van der Waals surface area contributed by atoms with Crippen molar-refractivity contribution in [3.63, 3.8) is 0 Å². The van der Waals surface area contributed by atoms with E-state index < -0.39 is 11.7 Å². The maximum atomic E-state index is 14.1. The third-order valence-electron chi connectivity index (χ3n) is 16.7. The van der Waals surface area contributed by atoms with E-state index >= 15 is 0 Å². The number of unbranched alkanes of at least 4 members (excludes halogenated alkanes) is 5. The summed E-state index contributed by atoms with van der Waals surface area (Å²) in [6.07, 6.45) is 11.9. The molecular weight excluding hydrogens is 1300 g/mol. The smallest absolute Gasteiger partial charge is 0.407 e. The summed E-state index contributed by atoms with van der Waals surface area (Å²) in [5.41, 5.74) is 9.96. The second-order valence-electron chi connectivity index (χ2n) is 26.8. The van der Waals surface area contributed by atoms with Gasteiger partial charge in [-0.25, -0.2) is 14.8 Å². The fraction of sp³-hybridized carbons (Fsp3) is 0.410. The summed E-state index contributed by atoms with van der Waals surface area (Å²) in [6.45, 7) is 15.1. The molecule has 20 nitrogen and oxygen atoms in total. The SMILES string of the molecule is CCCCCC(=O)Nc1cccc(CN(Cc2cc(CN(Cc3ccccn3)Cc3cccc(NC(=O)CCCCC)n3)cc(OCCCCN(Cc3ccc(-c4ccccc4)cc3)C(=O)COCCOCCOCC(=O)CCc3ccc(CNC(=O)OC(C)(C)C)cc3)c2)Cc2ccccn2)n1. The topological polar surface area (TPSA) is 229 Å². The molecule has 103 heavy (non-hydrogen) atoms. The monoisotopic (exact) mass is 1400 g/mol. The molecule has 0 saturated heterocycles. The molecule has 20 heteroatoms. The molecule has 0 atom stereocenters. The standard InChI is InChI=1S/C83H104N10O10/c1-6-8-11-31-79(95)89-77-29-21-27-73(87-77)60-91(58-71-25-15-17-43-84-71)55-67-51-68(56-92(59-72-26-16-18-44-85-72)61-74-28-22-30-78(88-74)90-80(96)32-12-9-7-2)53-76(52-67)102-46-20-19-45-93(57-66-37-40-70(41-38-66)69-23-13-10-14-24-69)81(97)63-101-50-48-99-47-49-100-62-75(94)42-39-64-33-35-65(36-34-64)54-86-82(98)103-83(3,4)5/h10,13-18,21-30,33-38,40-41,43-44,51-53H,6-9,11-12,19-20,31-32,39,42,45-50,54-63H2,1-5H3,(H,86,98)(H,87,89,95)(H,88,90,96). The van der Waals surface area contributed by atoms with E-state index in [1.165, 1.54) is 0 Å². The Bertz CT molecular complexity index is 3690. The summed E-state index contributed by atoms with van der Waals surface area (Å²) < 4.78 is 29.4. The lowest BCUT2D eigenvalue weighted by Gasteiger charge is -2.25. The Morgan fingerprint density at radius 3 is 1.51 bits per heavy atom. The molecule has 4 amide bonds. The van der Waals surface area contributed by atoms with Crippen molar-refractivity contribution in [1.82, 2.24) is 40.0 Å². The normalized spacial score (nSPS) is 11.4. The fourth-order valence-corrected chi connectivity index (χ4v) is 11.5. The van der Waals surface area contributed by atoms with E-state index in [2.05, 4.69) is 94.2 Å². The number of ether oxygens (including phenoxy) is 5. The van der Waals surface area contributed by atoms with Crippen molar-refractivity contribution in [3.8, 4) is 16.9 Å². The predicted molar refractivity (Wildman–Crippen MR) is 402 cm³/mol. The third kappa shape index (κ3) is 31.3. The molecule has 546 valence electrons. The van der Waals surface area contributed by atoms with Crippen LogP contribution >= 0.6 is 0 Å². The van der Waals surface area contributed by atoms with E-state index in [0.29, 0.717) is 121 Å². The first kappa shape index (κ1) is 79.1. The van der Waals surface area contributed by atoms with Gasteiger partial charge < -0.3 is 44.5 Å². The molecule has 0 fully saturated rings. The Kier molecular flexibility index (Phi) is 33.9. The molecule has 0 aliphatic carbocycles. The molecule has 0 aliphatic rings. The van der Waals surface area contributed by atoms with Gasteiger partial charge in [-0.05, 0) is 152 Å². The molecule has 4 aromatic heterocycles. The minimum absolute atomic E-state index is 0.0153. The Hall–Kier alpha value is -9.57. The van der Waals surface area contributed by atoms with Crippen LogP contribution in [0.2, 0.25) is 0 Å². The maximum absolute atomic E-state index is 14.1. The van der Waals surface area contributed by atoms with Gasteiger partial charge in [0.05, 0.1) is 55.8 Å². The van der Waals surface area contributed by atoms with Gasteiger partial charge in [0.25, 0.3) is 0 Å². The van der Waals surface area contributed by atoms with Crippen molar-refractivity contribution in [2.45, 2.75) is 170 Å². The van der Waals surface area contributed by atoms with Gasteiger partial charge in [0.1, 0.15) is 36.2 Å². The van der Waals surface area contributed by atoms with Crippen LogP contribution in [0.25, 0.3) is 11.1 Å². The number of rotatable bonds is 46. The van der Waals surface area contributed by atoms with Crippen LogP contribution in [0.5, 0.6) is 5.75 Å². The quantitative estimate of drug-likeness (QED) is 0.0301. The van der Waals surface area contributed by atoms with Crippen LogP contribution in [0.1, 0.15) is 156 Å². The van der Waals surface area contributed by atoms with Gasteiger partial charge in [-0.15, -0.1) is 0 Å². The number of alkyl carbamates (subject to hydrolysis) is 1. The first-order chi connectivity index (χ1) is 50.1. The van der Waals surface area contributed by atoms with Crippen molar-refractivity contribution in [3.05, 3.63) is 233 Å². The number of Topliss-reactive ketones (excluding diaryl/α,β-unsaturated/α-hetero) is 1. The average molecular weight is 1400 g/mol. The lowest BCUT2D eigenvalue weighted by molar-refractivity contribution is -0.137. The van der Waals surface area contributed by atoms with Crippen LogP contribution in [0.15, 0.2) is 182 Å². The number of carbonyl (C=O) groups is 5. The van der Waals surface area contributed by atoms with E-state index in [0.717, 1.165) is 100 Å². The van der Waals surface area contributed by atoms with Gasteiger partial charge in [-0.2, -0.15) is 0 Å². The second-order valence-corrected chi connectivity index (χ2v) is 26.8. The highest BCUT2D eigenvalue weighted by Crippen LogP contribution is 2.26. The number of ketones is 1. The first-order valence-electron chi connectivity index (χ1n) is 36.3. The van der Waals surface area contributed by atoms with Crippen molar-refractivity contribution >= 4 is 41.2 Å². The van der Waals surface area contributed by atoms with Gasteiger partial charge in [0, 0.05) is 90.6 Å². The largest absolute Gasteiger partial charge is 0.494 e. The number of amides is 4.